The van der Waals surface area contributed by atoms with Gasteiger partial charge in [0.15, 0.2) is 0 Å². The monoisotopic (exact) mass is 262 g/mol. The summed E-state index contributed by atoms with van der Waals surface area (Å²) >= 11 is 5.65. The van der Waals surface area contributed by atoms with Gasteiger partial charge >= 0.3 is 0 Å². The molecule has 0 aromatic heterocycles. The first-order chi connectivity index (χ1) is 7.93. The summed E-state index contributed by atoms with van der Waals surface area (Å²) in [7, 11) is 1.54. The SMILES string of the molecule is CC/C(F)=C\C(C)(N=C(C=N)CCl)C(C)OC. The molecule has 0 aromatic rings. The lowest BCUT2D eigenvalue weighted by Crippen LogP contribution is -2.36. The molecule has 0 amide bonds. The van der Waals surface area contributed by atoms with Crippen molar-refractivity contribution in [2.75, 3.05) is 13.0 Å². The molecule has 0 aliphatic rings. The Morgan fingerprint density at radius 2 is 2.24 bits per heavy atom. The summed E-state index contributed by atoms with van der Waals surface area (Å²) in [6.07, 6.45) is 2.50. The van der Waals surface area contributed by atoms with E-state index in [0.29, 0.717) is 12.1 Å². The highest BCUT2D eigenvalue weighted by Gasteiger charge is 2.29. The van der Waals surface area contributed by atoms with Crippen LogP contribution in [0.25, 0.3) is 0 Å². The van der Waals surface area contributed by atoms with Crippen LogP contribution in [-0.2, 0) is 4.74 Å². The summed E-state index contributed by atoms with van der Waals surface area (Å²) in [6, 6.07) is 0. The largest absolute Gasteiger partial charge is 0.379 e. The Hall–Kier alpha value is -0.740. The molecule has 0 heterocycles. The van der Waals surface area contributed by atoms with Crippen LogP contribution in [0.2, 0.25) is 0 Å². The van der Waals surface area contributed by atoms with Gasteiger partial charge in [0.2, 0.25) is 0 Å². The maximum absolute atomic E-state index is 13.4. The number of aliphatic imine (C=N–C) groups is 1. The zero-order chi connectivity index (χ0) is 13.5. The zero-order valence-corrected chi connectivity index (χ0v) is 11.5. The first-order valence-corrected chi connectivity index (χ1v) is 6.02. The Labute approximate surface area is 107 Å². The normalized spacial score (nSPS) is 18.7. The van der Waals surface area contributed by atoms with Crippen LogP contribution in [0.15, 0.2) is 16.9 Å². The summed E-state index contributed by atoms with van der Waals surface area (Å²) in [5.74, 6) is -0.129. The highest BCUT2D eigenvalue weighted by Crippen LogP contribution is 2.23. The Bertz CT molecular complexity index is 318. The second-order valence-corrected chi connectivity index (χ2v) is 4.20. The first-order valence-electron chi connectivity index (χ1n) is 5.48. The van der Waals surface area contributed by atoms with Crippen molar-refractivity contribution < 1.29 is 9.13 Å². The van der Waals surface area contributed by atoms with Gasteiger partial charge in [-0.05, 0) is 26.3 Å². The van der Waals surface area contributed by atoms with Gasteiger partial charge in [0, 0.05) is 13.3 Å². The third kappa shape index (κ3) is 4.96. The molecule has 0 fully saturated rings. The van der Waals surface area contributed by atoms with Gasteiger partial charge in [0.25, 0.3) is 0 Å². The number of hydrogen-bond acceptors (Lipinski definition) is 3. The average Bonchev–Trinajstić information content (AvgIpc) is 2.34. The van der Waals surface area contributed by atoms with Crippen molar-refractivity contribution in [1.82, 2.24) is 0 Å². The van der Waals surface area contributed by atoms with Crippen molar-refractivity contribution in [2.24, 2.45) is 4.99 Å². The fourth-order valence-electron chi connectivity index (χ4n) is 1.31. The van der Waals surface area contributed by atoms with Gasteiger partial charge in [-0.25, -0.2) is 4.39 Å². The van der Waals surface area contributed by atoms with Gasteiger partial charge in [-0.1, -0.05) is 6.92 Å². The number of nitrogens with one attached hydrogen (secondary N) is 1. The molecule has 0 aliphatic heterocycles. The standard InChI is InChI=1S/C12H20ClFN2O/c1-5-10(14)6-12(3,9(2)17-4)16-11(7-13)8-15/h6,8-9,15H,5,7H2,1-4H3/b10-6+,15-8?,16-11?. The minimum Gasteiger partial charge on any atom is -0.379 e. The van der Waals surface area contributed by atoms with E-state index in [2.05, 4.69) is 4.99 Å². The average molecular weight is 263 g/mol. The predicted octanol–water partition coefficient (Wildman–Crippen LogP) is 3.37. The summed E-state index contributed by atoms with van der Waals surface area (Å²) in [5, 5.41) is 7.17. The van der Waals surface area contributed by atoms with E-state index in [-0.39, 0.29) is 17.8 Å². The summed E-state index contributed by atoms with van der Waals surface area (Å²) in [5.41, 5.74) is -0.449. The van der Waals surface area contributed by atoms with E-state index < -0.39 is 5.54 Å². The zero-order valence-electron chi connectivity index (χ0n) is 10.8. The number of methoxy groups -OCH3 is 1. The predicted molar refractivity (Wildman–Crippen MR) is 71.3 cm³/mol. The second-order valence-electron chi connectivity index (χ2n) is 3.93. The Morgan fingerprint density at radius 1 is 1.65 bits per heavy atom. The van der Waals surface area contributed by atoms with Crippen LogP contribution >= 0.6 is 11.6 Å². The smallest absolute Gasteiger partial charge is 0.105 e. The van der Waals surface area contributed by atoms with E-state index in [4.69, 9.17) is 21.7 Å². The topological polar surface area (TPSA) is 45.4 Å². The molecular weight excluding hydrogens is 243 g/mol. The molecule has 0 radical (unpaired) electrons. The molecule has 0 aliphatic carbocycles. The number of ether oxygens (including phenoxy) is 1. The van der Waals surface area contributed by atoms with E-state index in [1.54, 1.807) is 27.9 Å². The third-order valence-corrected chi connectivity index (χ3v) is 2.93. The number of hydrogen-bond donors (Lipinski definition) is 1. The van der Waals surface area contributed by atoms with Gasteiger partial charge in [-0.2, -0.15) is 0 Å². The molecule has 0 aromatic carbocycles. The van der Waals surface area contributed by atoms with Crippen molar-refractivity contribution in [1.29, 1.82) is 5.41 Å². The van der Waals surface area contributed by atoms with Crippen molar-refractivity contribution in [3.8, 4) is 0 Å². The first kappa shape index (κ1) is 16.3. The molecule has 3 nitrogen and oxygen atoms in total. The lowest BCUT2D eigenvalue weighted by Gasteiger charge is -2.28. The summed E-state index contributed by atoms with van der Waals surface area (Å²) in [4.78, 5) is 4.30. The molecule has 0 rings (SSSR count). The molecule has 0 spiro atoms. The van der Waals surface area contributed by atoms with Gasteiger partial charge in [0.05, 0.1) is 23.5 Å². The third-order valence-electron chi connectivity index (χ3n) is 2.65. The highest BCUT2D eigenvalue weighted by atomic mass is 35.5. The van der Waals surface area contributed by atoms with Crippen molar-refractivity contribution in [3.63, 3.8) is 0 Å². The number of alkyl halides is 1. The molecule has 1 N–H and O–H groups in total. The molecule has 98 valence electrons. The summed E-state index contributed by atoms with van der Waals surface area (Å²) in [6.45, 7) is 5.29. The Balaban J connectivity index is 5.39. The number of halogens is 2. The number of rotatable bonds is 7. The van der Waals surface area contributed by atoms with Gasteiger partial charge in [-0.3, -0.25) is 4.99 Å². The fraction of sp³-hybridized carbons (Fsp3) is 0.667. The van der Waals surface area contributed by atoms with Crippen LogP contribution in [0.1, 0.15) is 27.2 Å². The van der Waals surface area contributed by atoms with E-state index in [1.165, 1.54) is 6.08 Å². The maximum atomic E-state index is 13.4. The lowest BCUT2D eigenvalue weighted by molar-refractivity contribution is 0.0756. The van der Waals surface area contributed by atoms with Crippen LogP contribution in [0.5, 0.6) is 0 Å². The molecule has 5 heteroatoms. The quantitative estimate of drug-likeness (QED) is 0.555. The minimum absolute atomic E-state index is 0.122. The minimum atomic E-state index is -0.851. The van der Waals surface area contributed by atoms with E-state index in [0.717, 1.165) is 6.21 Å². The highest BCUT2D eigenvalue weighted by molar-refractivity contribution is 6.43. The number of nitrogens with zero attached hydrogens (tertiary/aromatic N) is 1. The Morgan fingerprint density at radius 3 is 2.59 bits per heavy atom. The fourth-order valence-corrected chi connectivity index (χ4v) is 1.45. The molecule has 0 saturated carbocycles. The van der Waals surface area contributed by atoms with Crippen molar-refractivity contribution >= 4 is 23.5 Å². The van der Waals surface area contributed by atoms with E-state index >= 15 is 0 Å². The van der Waals surface area contributed by atoms with Gasteiger partial charge < -0.3 is 10.1 Å². The van der Waals surface area contributed by atoms with Crippen LogP contribution in [0.4, 0.5) is 4.39 Å². The van der Waals surface area contributed by atoms with Crippen LogP contribution < -0.4 is 0 Å². The van der Waals surface area contributed by atoms with Crippen molar-refractivity contribution in [2.45, 2.75) is 38.8 Å². The Kier molecular flexibility index (Phi) is 7.23. The van der Waals surface area contributed by atoms with Crippen LogP contribution in [0, 0.1) is 5.41 Å². The summed E-state index contributed by atoms with van der Waals surface area (Å²) < 4.78 is 18.6. The molecule has 2 unspecified atom stereocenters. The van der Waals surface area contributed by atoms with Crippen LogP contribution in [-0.4, -0.2) is 36.6 Å². The molecule has 0 saturated heterocycles. The second kappa shape index (κ2) is 7.56. The maximum Gasteiger partial charge on any atom is 0.105 e. The number of allylic oxidation sites excluding steroid dienone is 1. The lowest BCUT2D eigenvalue weighted by atomic mass is 9.95. The van der Waals surface area contributed by atoms with E-state index in [9.17, 15) is 4.39 Å². The molecular formula is C12H20ClFN2O. The van der Waals surface area contributed by atoms with Crippen molar-refractivity contribution in [3.05, 3.63) is 11.9 Å². The van der Waals surface area contributed by atoms with Gasteiger partial charge in [0.1, 0.15) is 5.54 Å². The van der Waals surface area contributed by atoms with Crippen LogP contribution in [0.3, 0.4) is 0 Å². The van der Waals surface area contributed by atoms with Gasteiger partial charge in [-0.15, -0.1) is 11.6 Å². The molecule has 17 heavy (non-hydrogen) atoms. The molecule has 0 bridgehead atoms. The van der Waals surface area contributed by atoms with E-state index in [1.807, 2.05) is 0 Å². The molecule has 2 atom stereocenters.